The number of anilines is 1. The first-order valence-corrected chi connectivity index (χ1v) is 11.4. The zero-order valence-electron chi connectivity index (χ0n) is 16.6. The normalized spacial score (nSPS) is 17.0. The van der Waals surface area contributed by atoms with Gasteiger partial charge in [0.1, 0.15) is 0 Å². The maximum absolute atomic E-state index is 13.0. The van der Waals surface area contributed by atoms with Crippen LogP contribution in [0.25, 0.3) is 11.3 Å². The van der Waals surface area contributed by atoms with Crippen molar-refractivity contribution >= 4 is 21.6 Å². The molecule has 0 radical (unpaired) electrons. The fourth-order valence-electron chi connectivity index (χ4n) is 3.89. The Labute approximate surface area is 179 Å². The average Bonchev–Trinajstić information content (AvgIpc) is 2.74. The van der Waals surface area contributed by atoms with Crippen molar-refractivity contribution in [3.63, 3.8) is 0 Å². The quantitative estimate of drug-likeness (QED) is 0.675. The minimum Gasteiger partial charge on any atom is -0.326 e. The van der Waals surface area contributed by atoms with Crippen molar-refractivity contribution in [2.45, 2.75) is 23.8 Å². The van der Waals surface area contributed by atoms with E-state index in [0.29, 0.717) is 24.2 Å². The third-order valence-electron chi connectivity index (χ3n) is 5.68. The molecule has 1 aromatic heterocycles. The van der Waals surface area contributed by atoms with Crippen molar-refractivity contribution in [2.24, 2.45) is 0 Å². The van der Waals surface area contributed by atoms with Gasteiger partial charge in [-0.15, -0.1) is 0 Å². The highest BCUT2D eigenvalue weighted by Crippen LogP contribution is 2.31. The van der Waals surface area contributed by atoms with Crippen LogP contribution in [0.15, 0.2) is 70.4 Å². The molecule has 0 spiro atoms. The standard InChI is InChI=1S/C22H20N4O4S/c27-21-10-6-16-12-18(7-8-19(16)23-21)31(29,30)25-13-17(14-25)26-22(28)11-9-20(24-26)15-4-2-1-3-5-15/h1-5,7-9,11-12,17H,6,10,13-14H2,(H,23,27). The van der Waals surface area contributed by atoms with Gasteiger partial charge in [-0.1, -0.05) is 30.3 Å². The Morgan fingerprint density at radius 1 is 0.935 bits per heavy atom. The highest BCUT2D eigenvalue weighted by atomic mass is 32.2. The van der Waals surface area contributed by atoms with Crippen LogP contribution in [0.1, 0.15) is 18.0 Å². The maximum Gasteiger partial charge on any atom is 0.267 e. The Bertz CT molecular complexity index is 1330. The molecule has 1 amide bonds. The van der Waals surface area contributed by atoms with Crippen LogP contribution in [0.4, 0.5) is 5.69 Å². The number of hydrogen-bond acceptors (Lipinski definition) is 5. The average molecular weight is 436 g/mol. The van der Waals surface area contributed by atoms with Gasteiger partial charge in [0.2, 0.25) is 15.9 Å². The zero-order valence-corrected chi connectivity index (χ0v) is 17.4. The van der Waals surface area contributed by atoms with E-state index >= 15 is 0 Å². The molecular formula is C22H20N4O4S. The molecule has 3 heterocycles. The third kappa shape index (κ3) is 3.55. The van der Waals surface area contributed by atoms with Gasteiger partial charge in [0.05, 0.1) is 16.6 Å². The molecule has 2 aromatic carbocycles. The van der Waals surface area contributed by atoms with E-state index in [1.54, 1.807) is 18.2 Å². The van der Waals surface area contributed by atoms with Gasteiger partial charge in [-0.2, -0.15) is 9.40 Å². The number of carbonyl (C=O) groups excluding carboxylic acids is 1. The number of amides is 1. The lowest BCUT2D eigenvalue weighted by molar-refractivity contribution is -0.116. The molecule has 3 aromatic rings. The first kappa shape index (κ1) is 19.7. The second-order valence-corrected chi connectivity index (χ2v) is 9.65. The van der Waals surface area contributed by atoms with E-state index in [4.69, 9.17) is 0 Å². The van der Waals surface area contributed by atoms with E-state index in [1.165, 1.54) is 21.1 Å². The molecule has 0 unspecified atom stereocenters. The summed E-state index contributed by atoms with van der Waals surface area (Å²) in [4.78, 5) is 24.1. The summed E-state index contributed by atoms with van der Waals surface area (Å²) in [5.74, 6) is -0.0654. The van der Waals surface area contributed by atoms with Gasteiger partial charge >= 0.3 is 0 Å². The maximum atomic E-state index is 13.0. The second-order valence-electron chi connectivity index (χ2n) is 7.71. The number of rotatable bonds is 4. The van der Waals surface area contributed by atoms with Crippen LogP contribution < -0.4 is 10.9 Å². The minimum atomic E-state index is -3.69. The monoisotopic (exact) mass is 436 g/mol. The number of carbonyl (C=O) groups is 1. The summed E-state index contributed by atoms with van der Waals surface area (Å²) in [6.45, 7) is 0.364. The number of aryl methyl sites for hydroxylation is 1. The topological polar surface area (TPSA) is 101 Å². The summed E-state index contributed by atoms with van der Waals surface area (Å²) in [5.41, 5.74) is 2.77. The van der Waals surface area contributed by atoms with E-state index in [9.17, 15) is 18.0 Å². The summed E-state index contributed by atoms with van der Waals surface area (Å²) < 4.78 is 28.8. The summed E-state index contributed by atoms with van der Waals surface area (Å²) in [6, 6.07) is 17.1. The van der Waals surface area contributed by atoms with Crippen molar-refractivity contribution < 1.29 is 13.2 Å². The molecule has 158 valence electrons. The van der Waals surface area contributed by atoms with Gasteiger partial charge in [0.25, 0.3) is 5.56 Å². The SMILES string of the molecule is O=C1CCc2cc(S(=O)(=O)N3CC(n4nc(-c5ccccc5)ccc4=O)C3)ccc2N1. The highest BCUT2D eigenvalue weighted by Gasteiger charge is 2.39. The highest BCUT2D eigenvalue weighted by molar-refractivity contribution is 7.89. The van der Waals surface area contributed by atoms with E-state index in [2.05, 4.69) is 10.4 Å². The fourth-order valence-corrected chi connectivity index (χ4v) is 5.45. The van der Waals surface area contributed by atoms with Crippen LogP contribution in [0.5, 0.6) is 0 Å². The fraction of sp³-hybridized carbons (Fsp3) is 0.227. The van der Waals surface area contributed by atoms with Crippen LogP contribution >= 0.6 is 0 Å². The van der Waals surface area contributed by atoms with Gasteiger partial charge < -0.3 is 5.32 Å². The third-order valence-corrected chi connectivity index (χ3v) is 7.51. The Hall–Kier alpha value is -3.30. The number of nitrogens with one attached hydrogen (secondary N) is 1. The van der Waals surface area contributed by atoms with Crippen LogP contribution in [0, 0.1) is 0 Å². The number of hydrogen-bond donors (Lipinski definition) is 1. The summed E-state index contributed by atoms with van der Waals surface area (Å²) in [6.07, 6.45) is 0.855. The van der Waals surface area contributed by atoms with Crippen molar-refractivity contribution in [2.75, 3.05) is 18.4 Å². The van der Waals surface area contributed by atoms with Gasteiger partial charge in [-0.05, 0) is 36.2 Å². The van der Waals surface area contributed by atoms with Crippen LogP contribution in [-0.2, 0) is 21.2 Å². The van der Waals surface area contributed by atoms with Crippen molar-refractivity contribution in [3.05, 3.63) is 76.6 Å². The molecule has 31 heavy (non-hydrogen) atoms. The minimum absolute atomic E-state index is 0.0654. The Kier molecular flexibility index (Phi) is 4.71. The Morgan fingerprint density at radius 2 is 1.71 bits per heavy atom. The molecule has 5 rings (SSSR count). The molecular weight excluding hydrogens is 416 g/mol. The first-order valence-electron chi connectivity index (χ1n) is 10.00. The number of benzene rings is 2. The van der Waals surface area contributed by atoms with Gasteiger partial charge in [0.15, 0.2) is 0 Å². The Morgan fingerprint density at radius 3 is 2.48 bits per heavy atom. The molecule has 1 saturated heterocycles. The number of sulfonamides is 1. The lowest BCUT2D eigenvalue weighted by Crippen LogP contribution is -2.53. The van der Waals surface area contributed by atoms with Gasteiger partial charge in [0, 0.05) is 36.8 Å². The van der Waals surface area contributed by atoms with E-state index in [-0.39, 0.29) is 35.5 Å². The molecule has 0 saturated carbocycles. The predicted molar refractivity (Wildman–Crippen MR) is 115 cm³/mol. The lowest BCUT2D eigenvalue weighted by Gasteiger charge is -2.38. The molecule has 2 aliphatic heterocycles. The number of aromatic nitrogens is 2. The molecule has 0 aliphatic carbocycles. The smallest absolute Gasteiger partial charge is 0.267 e. The zero-order chi connectivity index (χ0) is 21.6. The number of fused-ring (bicyclic) bond motifs is 1. The Balaban J connectivity index is 1.36. The molecule has 9 heteroatoms. The van der Waals surface area contributed by atoms with Gasteiger partial charge in [-0.25, -0.2) is 13.1 Å². The van der Waals surface area contributed by atoms with E-state index in [1.807, 2.05) is 30.3 Å². The van der Waals surface area contributed by atoms with Crippen LogP contribution in [0.3, 0.4) is 0 Å². The molecule has 8 nitrogen and oxygen atoms in total. The van der Waals surface area contributed by atoms with E-state index in [0.717, 1.165) is 11.1 Å². The second kappa shape index (κ2) is 7.44. The lowest BCUT2D eigenvalue weighted by atomic mass is 10.0. The van der Waals surface area contributed by atoms with E-state index < -0.39 is 10.0 Å². The first-order chi connectivity index (χ1) is 14.9. The molecule has 1 fully saturated rings. The largest absolute Gasteiger partial charge is 0.326 e. The molecule has 0 bridgehead atoms. The van der Waals surface area contributed by atoms with Crippen LogP contribution in [0.2, 0.25) is 0 Å². The predicted octanol–water partition coefficient (Wildman–Crippen LogP) is 2.04. The summed E-state index contributed by atoms with van der Waals surface area (Å²) in [5, 5.41) is 7.22. The molecule has 2 aliphatic rings. The van der Waals surface area contributed by atoms with Crippen molar-refractivity contribution in [1.82, 2.24) is 14.1 Å². The molecule has 0 atom stereocenters. The summed E-state index contributed by atoms with van der Waals surface area (Å²) in [7, 11) is -3.69. The van der Waals surface area contributed by atoms with Crippen molar-refractivity contribution in [1.29, 1.82) is 0 Å². The van der Waals surface area contributed by atoms with Crippen molar-refractivity contribution in [3.8, 4) is 11.3 Å². The van der Waals surface area contributed by atoms with Crippen LogP contribution in [-0.4, -0.2) is 41.5 Å². The number of nitrogens with zero attached hydrogens (tertiary/aromatic N) is 3. The summed E-state index contributed by atoms with van der Waals surface area (Å²) >= 11 is 0. The molecule has 1 N–H and O–H groups in total. The van der Waals surface area contributed by atoms with Gasteiger partial charge in [-0.3, -0.25) is 9.59 Å².